The molecular weight excluding hydrogens is 205 g/mol. The van der Waals surface area contributed by atoms with E-state index >= 15 is 0 Å². The molecule has 0 unspecified atom stereocenters. The van der Waals surface area contributed by atoms with E-state index in [4.69, 9.17) is 4.74 Å². The summed E-state index contributed by atoms with van der Waals surface area (Å²) in [5, 5.41) is 3.30. The molecule has 3 heteroatoms. The third-order valence-corrected chi connectivity index (χ3v) is 3.38. The summed E-state index contributed by atoms with van der Waals surface area (Å²) in [7, 11) is 1.63. The van der Waals surface area contributed by atoms with Gasteiger partial charge < -0.3 is 10.1 Å². The summed E-state index contributed by atoms with van der Waals surface area (Å²) < 4.78 is 19.1. The maximum atomic E-state index is 13.9. The first kappa shape index (κ1) is 11.4. The lowest BCUT2D eigenvalue weighted by Gasteiger charge is -2.25. The minimum absolute atomic E-state index is 0.0924. The zero-order valence-corrected chi connectivity index (χ0v) is 9.85. The van der Waals surface area contributed by atoms with Gasteiger partial charge in [0, 0.05) is 0 Å². The topological polar surface area (TPSA) is 21.3 Å². The smallest absolute Gasteiger partial charge is 0.127 e. The van der Waals surface area contributed by atoms with Gasteiger partial charge in [0.25, 0.3) is 0 Å². The molecule has 2 rings (SSSR count). The number of hydrogen-bond donors (Lipinski definition) is 1. The van der Waals surface area contributed by atoms with Gasteiger partial charge in [0.15, 0.2) is 0 Å². The van der Waals surface area contributed by atoms with Gasteiger partial charge in [-0.05, 0) is 62.0 Å². The fourth-order valence-corrected chi connectivity index (χ4v) is 2.51. The molecule has 1 fully saturated rings. The molecule has 0 bridgehead atoms. The van der Waals surface area contributed by atoms with Gasteiger partial charge in [-0.2, -0.15) is 0 Å². The van der Waals surface area contributed by atoms with E-state index in [0.29, 0.717) is 5.92 Å². The normalized spacial score (nSPS) is 17.4. The van der Waals surface area contributed by atoms with Crippen molar-refractivity contribution in [2.75, 3.05) is 20.2 Å². The molecule has 1 aromatic rings. The predicted molar refractivity (Wildman–Crippen MR) is 62.5 cm³/mol. The summed E-state index contributed by atoms with van der Waals surface area (Å²) in [4.78, 5) is 0. The fourth-order valence-electron chi connectivity index (χ4n) is 2.51. The average molecular weight is 223 g/mol. The molecule has 1 saturated heterocycles. The second-order valence-corrected chi connectivity index (χ2v) is 4.31. The van der Waals surface area contributed by atoms with Crippen molar-refractivity contribution in [2.45, 2.75) is 25.7 Å². The lowest BCUT2D eigenvalue weighted by atomic mass is 9.87. The molecule has 0 radical (unpaired) electrons. The highest BCUT2D eigenvalue weighted by Crippen LogP contribution is 2.34. The van der Waals surface area contributed by atoms with Gasteiger partial charge >= 0.3 is 0 Å². The number of rotatable bonds is 2. The van der Waals surface area contributed by atoms with Crippen LogP contribution in [0.25, 0.3) is 0 Å². The van der Waals surface area contributed by atoms with E-state index in [1.807, 2.05) is 6.92 Å². The van der Waals surface area contributed by atoms with Crippen LogP contribution in [0.3, 0.4) is 0 Å². The molecule has 1 N–H and O–H groups in total. The van der Waals surface area contributed by atoms with Crippen LogP contribution in [0.5, 0.6) is 5.75 Å². The lowest BCUT2D eigenvalue weighted by Crippen LogP contribution is -2.27. The summed E-state index contributed by atoms with van der Waals surface area (Å²) in [5.41, 5.74) is 1.80. The summed E-state index contributed by atoms with van der Waals surface area (Å²) >= 11 is 0. The number of nitrogens with one attached hydrogen (secondary N) is 1. The van der Waals surface area contributed by atoms with E-state index in [2.05, 4.69) is 5.32 Å². The number of benzene rings is 1. The Kier molecular flexibility index (Phi) is 3.44. The molecule has 0 atom stereocenters. The van der Waals surface area contributed by atoms with E-state index in [0.717, 1.165) is 42.8 Å². The highest BCUT2D eigenvalue weighted by atomic mass is 19.1. The Balaban J connectivity index is 2.37. The lowest BCUT2D eigenvalue weighted by molar-refractivity contribution is 0.402. The molecule has 1 aliphatic heterocycles. The van der Waals surface area contributed by atoms with Crippen LogP contribution in [0.2, 0.25) is 0 Å². The minimum Gasteiger partial charge on any atom is -0.496 e. The van der Waals surface area contributed by atoms with Crippen molar-refractivity contribution < 1.29 is 9.13 Å². The van der Waals surface area contributed by atoms with Crippen LogP contribution in [-0.2, 0) is 0 Å². The first-order chi connectivity index (χ1) is 7.74. The Morgan fingerprint density at radius 1 is 1.31 bits per heavy atom. The molecule has 16 heavy (non-hydrogen) atoms. The minimum atomic E-state index is -0.0924. The molecule has 1 aliphatic rings. The molecule has 0 saturated carbocycles. The first-order valence-electron chi connectivity index (χ1n) is 5.77. The van der Waals surface area contributed by atoms with E-state index < -0.39 is 0 Å². The van der Waals surface area contributed by atoms with E-state index in [-0.39, 0.29) is 5.82 Å². The SMILES string of the molecule is COc1ccc(F)c(C2CCNCC2)c1C. The van der Waals surface area contributed by atoms with Crippen molar-refractivity contribution in [1.29, 1.82) is 0 Å². The van der Waals surface area contributed by atoms with E-state index in [1.54, 1.807) is 13.2 Å². The van der Waals surface area contributed by atoms with E-state index in [1.165, 1.54) is 6.07 Å². The molecule has 0 amide bonds. The van der Waals surface area contributed by atoms with E-state index in [9.17, 15) is 4.39 Å². The van der Waals surface area contributed by atoms with Crippen molar-refractivity contribution in [3.63, 3.8) is 0 Å². The Hall–Kier alpha value is -1.09. The van der Waals surface area contributed by atoms with Gasteiger partial charge in [-0.15, -0.1) is 0 Å². The van der Waals surface area contributed by atoms with Crippen molar-refractivity contribution in [3.8, 4) is 5.75 Å². The van der Waals surface area contributed by atoms with Crippen LogP contribution in [0, 0.1) is 12.7 Å². The van der Waals surface area contributed by atoms with Gasteiger partial charge in [0.05, 0.1) is 7.11 Å². The molecule has 2 nitrogen and oxygen atoms in total. The standard InChI is InChI=1S/C13H18FNO/c1-9-12(16-2)4-3-11(14)13(9)10-5-7-15-8-6-10/h3-4,10,15H,5-8H2,1-2H3. The Labute approximate surface area is 95.8 Å². The molecule has 0 aliphatic carbocycles. The summed E-state index contributed by atoms with van der Waals surface area (Å²) in [5.74, 6) is 1.02. The van der Waals surface area contributed by atoms with Gasteiger partial charge in [-0.3, -0.25) is 0 Å². The highest BCUT2D eigenvalue weighted by molar-refractivity contribution is 5.42. The summed E-state index contributed by atoms with van der Waals surface area (Å²) in [6.45, 7) is 3.89. The van der Waals surface area contributed by atoms with Gasteiger partial charge in [0.2, 0.25) is 0 Å². The van der Waals surface area contributed by atoms with Crippen LogP contribution in [0.15, 0.2) is 12.1 Å². The molecule has 1 heterocycles. The summed E-state index contributed by atoms with van der Waals surface area (Å²) in [6, 6.07) is 3.22. The number of methoxy groups -OCH3 is 1. The van der Waals surface area contributed by atoms with Crippen LogP contribution >= 0.6 is 0 Å². The number of piperidine rings is 1. The quantitative estimate of drug-likeness (QED) is 0.832. The van der Waals surface area contributed by atoms with Crippen molar-refractivity contribution in [2.24, 2.45) is 0 Å². The van der Waals surface area contributed by atoms with Crippen molar-refractivity contribution in [1.82, 2.24) is 5.32 Å². The maximum Gasteiger partial charge on any atom is 0.127 e. The molecular formula is C13H18FNO. The third-order valence-electron chi connectivity index (χ3n) is 3.38. The Bertz CT molecular complexity index is 372. The maximum absolute atomic E-state index is 13.9. The first-order valence-corrected chi connectivity index (χ1v) is 5.77. The van der Waals surface area contributed by atoms with Crippen LogP contribution in [0.4, 0.5) is 4.39 Å². The molecule has 1 aromatic carbocycles. The van der Waals surface area contributed by atoms with Crippen molar-refractivity contribution in [3.05, 3.63) is 29.1 Å². The molecule has 0 spiro atoms. The van der Waals surface area contributed by atoms with Crippen LogP contribution in [0.1, 0.15) is 29.9 Å². The monoisotopic (exact) mass is 223 g/mol. The zero-order chi connectivity index (χ0) is 11.5. The van der Waals surface area contributed by atoms with Gasteiger partial charge in [-0.1, -0.05) is 0 Å². The number of ether oxygens (including phenoxy) is 1. The van der Waals surface area contributed by atoms with Crippen LogP contribution < -0.4 is 10.1 Å². The second kappa shape index (κ2) is 4.83. The number of halogens is 1. The summed E-state index contributed by atoms with van der Waals surface area (Å²) in [6.07, 6.45) is 2.01. The highest BCUT2D eigenvalue weighted by Gasteiger charge is 2.22. The molecule has 0 aromatic heterocycles. The fraction of sp³-hybridized carbons (Fsp3) is 0.538. The Morgan fingerprint density at radius 2 is 2.00 bits per heavy atom. The predicted octanol–water partition coefficient (Wildman–Crippen LogP) is 2.61. The second-order valence-electron chi connectivity index (χ2n) is 4.31. The molecule has 88 valence electrons. The average Bonchev–Trinajstić information content (AvgIpc) is 2.31. The zero-order valence-electron chi connectivity index (χ0n) is 9.85. The van der Waals surface area contributed by atoms with Crippen molar-refractivity contribution >= 4 is 0 Å². The van der Waals surface area contributed by atoms with Gasteiger partial charge in [-0.25, -0.2) is 4.39 Å². The third kappa shape index (κ3) is 2.05. The number of hydrogen-bond acceptors (Lipinski definition) is 2. The largest absolute Gasteiger partial charge is 0.496 e. The van der Waals surface area contributed by atoms with Crippen LogP contribution in [-0.4, -0.2) is 20.2 Å². The Morgan fingerprint density at radius 3 is 2.62 bits per heavy atom. The van der Waals surface area contributed by atoms with Gasteiger partial charge in [0.1, 0.15) is 11.6 Å².